The molecule has 1 aliphatic rings. The summed E-state index contributed by atoms with van der Waals surface area (Å²) in [6.07, 6.45) is 1.84. The molecule has 0 saturated carbocycles. The van der Waals surface area contributed by atoms with Gasteiger partial charge in [0.15, 0.2) is 0 Å². The Morgan fingerprint density at radius 3 is 2.21 bits per heavy atom. The fraction of sp³-hybridized carbons (Fsp3) is 0.857. The van der Waals surface area contributed by atoms with Gasteiger partial charge in [-0.2, -0.15) is 0 Å². The van der Waals surface area contributed by atoms with E-state index in [4.69, 9.17) is 5.73 Å². The summed E-state index contributed by atoms with van der Waals surface area (Å²) in [5.41, 5.74) is 5.00. The number of likely N-dealkylation sites (tertiary alicyclic amines) is 1. The summed E-state index contributed by atoms with van der Waals surface area (Å²) in [5, 5.41) is 9.17. The van der Waals surface area contributed by atoms with Crippen molar-refractivity contribution in [1.82, 2.24) is 4.90 Å². The van der Waals surface area contributed by atoms with Crippen molar-refractivity contribution in [3.63, 3.8) is 0 Å². The molecule has 1 amide bonds. The van der Waals surface area contributed by atoms with Gasteiger partial charge in [0.25, 0.3) is 0 Å². The van der Waals surface area contributed by atoms with E-state index in [0.29, 0.717) is 38.4 Å². The number of carboxylic acids is 1. The fourth-order valence-corrected chi connectivity index (χ4v) is 2.56. The zero-order valence-electron chi connectivity index (χ0n) is 12.2. The van der Waals surface area contributed by atoms with Crippen LogP contribution in [-0.2, 0) is 9.59 Å². The van der Waals surface area contributed by atoms with Crippen LogP contribution >= 0.6 is 0 Å². The number of rotatable bonds is 5. The molecule has 1 atom stereocenters. The quantitative estimate of drug-likeness (QED) is 0.789. The highest BCUT2D eigenvalue weighted by atomic mass is 16.4. The Hall–Kier alpha value is -1.10. The van der Waals surface area contributed by atoms with E-state index in [1.807, 2.05) is 0 Å². The van der Waals surface area contributed by atoms with Crippen molar-refractivity contribution in [2.24, 2.45) is 23.0 Å². The predicted octanol–water partition coefficient (Wildman–Crippen LogP) is 1.32. The molecule has 0 bridgehead atoms. The number of carbonyl (C=O) groups excluding carboxylic acids is 1. The second-order valence-corrected chi connectivity index (χ2v) is 6.25. The monoisotopic (exact) mass is 270 g/mol. The van der Waals surface area contributed by atoms with Crippen LogP contribution in [0.5, 0.6) is 0 Å². The summed E-state index contributed by atoms with van der Waals surface area (Å²) < 4.78 is 0. The molecule has 1 heterocycles. The van der Waals surface area contributed by atoms with Gasteiger partial charge in [0.1, 0.15) is 0 Å². The van der Waals surface area contributed by atoms with Gasteiger partial charge < -0.3 is 15.7 Å². The van der Waals surface area contributed by atoms with Crippen LogP contribution in [0.4, 0.5) is 0 Å². The van der Waals surface area contributed by atoms with E-state index < -0.39 is 11.4 Å². The molecule has 0 aromatic carbocycles. The molecule has 5 heteroatoms. The normalized spacial score (nSPS) is 20.4. The Balaban J connectivity index is 2.59. The fourth-order valence-electron chi connectivity index (χ4n) is 2.56. The molecule has 0 aromatic heterocycles. The van der Waals surface area contributed by atoms with E-state index in [1.165, 1.54) is 0 Å². The van der Waals surface area contributed by atoms with Crippen LogP contribution in [0.1, 0.15) is 40.0 Å². The zero-order valence-corrected chi connectivity index (χ0v) is 12.2. The smallest absolute Gasteiger partial charge is 0.309 e. The van der Waals surface area contributed by atoms with Crippen LogP contribution in [0.2, 0.25) is 0 Å². The lowest BCUT2D eigenvalue weighted by Gasteiger charge is -2.38. The maximum Gasteiger partial charge on any atom is 0.309 e. The Morgan fingerprint density at radius 2 is 1.84 bits per heavy atom. The average Bonchev–Trinajstić information content (AvgIpc) is 2.35. The number of carbonyl (C=O) groups is 2. The van der Waals surface area contributed by atoms with Crippen molar-refractivity contribution in [1.29, 1.82) is 0 Å². The predicted molar refractivity (Wildman–Crippen MR) is 73.6 cm³/mol. The van der Waals surface area contributed by atoms with Crippen LogP contribution in [0.25, 0.3) is 0 Å². The van der Waals surface area contributed by atoms with Gasteiger partial charge >= 0.3 is 5.97 Å². The lowest BCUT2D eigenvalue weighted by atomic mass is 9.80. The first kappa shape index (κ1) is 16.0. The molecule has 19 heavy (non-hydrogen) atoms. The van der Waals surface area contributed by atoms with Crippen LogP contribution in [0.3, 0.4) is 0 Å². The molecule has 1 saturated heterocycles. The van der Waals surface area contributed by atoms with Gasteiger partial charge in [0.05, 0.1) is 11.3 Å². The summed E-state index contributed by atoms with van der Waals surface area (Å²) >= 11 is 0. The molecule has 3 N–H and O–H groups in total. The highest BCUT2D eigenvalue weighted by Gasteiger charge is 2.38. The van der Waals surface area contributed by atoms with Crippen molar-refractivity contribution < 1.29 is 14.7 Å². The lowest BCUT2D eigenvalue weighted by Crippen LogP contribution is -2.48. The molecule has 5 nitrogen and oxygen atoms in total. The summed E-state index contributed by atoms with van der Waals surface area (Å²) in [6.45, 7) is 7.32. The summed E-state index contributed by atoms with van der Waals surface area (Å²) in [7, 11) is 0. The van der Waals surface area contributed by atoms with E-state index in [2.05, 4.69) is 13.8 Å². The van der Waals surface area contributed by atoms with Gasteiger partial charge in [0.2, 0.25) is 5.91 Å². The first-order valence-electron chi connectivity index (χ1n) is 7.02. The highest BCUT2D eigenvalue weighted by molar-refractivity contribution is 5.80. The van der Waals surface area contributed by atoms with Crippen LogP contribution in [0, 0.1) is 17.3 Å². The van der Waals surface area contributed by atoms with Crippen molar-refractivity contribution in [2.45, 2.75) is 40.0 Å². The number of aliphatic carboxylic acids is 1. The topological polar surface area (TPSA) is 83.6 Å². The molecule has 0 aromatic rings. The van der Waals surface area contributed by atoms with Crippen LogP contribution < -0.4 is 5.73 Å². The molecule has 0 spiro atoms. The number of hydrogen-bond donors (Lipinski definition) is 2. The number of nitrogens with two attached hydrogens (primary N) is 1. The van der Waals surface area contributed by atoms with Crippen molar-refractivity contribution in [2.75, 3.05) is 19.6 Å². The number of piperidine rings is 1. The number of carboxylic acid groups (broad SMARTS) is 1. The number of amides is 1. The zero-order chi connectivity index (χ0) is 14.6. The third-order valence-corrected chi connectivity index (χ3v) is 4.08. The second kappa shape index (κ2) is 6.37. The van der Waals surface area contributed by atoms with Crippen LogP contribution in [0.15, 0.2) is 0 Å². The Morgan fingerprint density at radius 1 is 1.32 bits per heavy atom. The molecule has 1 rings (SSSR count). The van der Waals surface area contributed by atoms with E-state index in [-0.39, 0.29) is 11.8 Å². The van der Waals surface area contributed by atoms with Gasteiger partial charge in [-0.3, -0.25) is 9.59 Å². The van der Waals surface area contributed by atoms with Crippen molar-refractivity contribution in [3.05, 3.63) is 0 Å². The van der Waals surface area contributed by atoms with E-state index >= 15 is 0 Å². The summed E-state index contributed by atoms with van der Waals surface area (Å²) in [5.74, 6) is -0.374. The summed E-state index contributed by atoms with van der Waals surface area (Å²) in [6, 6.07) is 0. The number of nitrogens with zero attached hydrogens (tertiary/aromatic N) is 1. The number of hydrogen-bond acceptors (Lipinski definition) is 3. The maximum atomic E-state index is 12.3. The molecular weight excluding hydrogens is 244 g/mol. The first-order chi connectivity index (χ1) is 8.80. The van der Waals surface area contributed by atoms with Crippen molar-refractivity contribution >= 4 is 11.9 Å². The molecular formula is C14H26N2O3. The van der Waals surface area contributed by atoms with Gasteiger partial charge in [-0.05, 0) is 32.1 Å². The van der Waals surface area contributed by atoms with Crippen LogP contribution in [-0.4, -0.2) is 41.5 Å². The molecule has 0 aliphatic carbocycles. The third-order valence-electron chi connectivity index (χ3n) is 4.08. The molecule has 1 unspecified atom stereocenters. The standard InChI is InChI=1S/C14H26N2O3/c1-10(2)8-11(9-15)12(17)16-6-4-14(3,5-7-16)13(18)19/h10-11H,4-9,15H2,1-3H3,(H,18,19). The van der Waals surface area contributed by atoms with E-state index in [0.717, 1.165) is 6.42 Å². The molecule has 1 aliphatic heterocycles. The average molecular weight is 270 g/mol. The second-order valence-electron chi connectivity index (χ2n) is 6.25. The molecule has 1 fully saturated rings. The minimum atomic E-state index is -0.767. The Labute approximate surface area is 115 Å². The SMILES string of the molecule is CC(C)CC(CN)C(=O)N1CCC(C)(C(=O)O)CC1. The molecule has 110 valence electrons. The minimum absolute atomic E-state index is 0.0867. The van der Waals surface area contributed by atoms with Gasteiger partial charge in [-0.15, -0.1) is 0 Å². The molecule has 0 radical (unpaired) electrons. The largest absolute Gasteiger partial charge is 0.481 e. The Bertz CT molecular complexity index is 334. The van der Waals surface area contributed by atoms with Gasteiger partial charge in [-0.25, -0.2) is 0 Å². The van der Waals surface area contributed by atoms with E-state index in [1.54, 1.807) is 11.8 Å². The van der Waals surface area contributed by atoms with Gasteiger partial charge in [-0.1, -0.05) is 13.8 Å². The Kier molecular flexibility index (Phi) is 5.35. The third kappa shape index (κ3) is 3.93. The van der Waals surface area contributed by atoms with Crippen molar-refractivity contribution in [3.8, 4) is 0 Å². The highest BCUT2D eigenvalue weighted by Crippen LogP contribution is 2.31. The lowest BCUT2D eigenvalue weighted by molar-refractivity contribution is -0.153. The minimum Gasteiger partial charge on any atom is -0.481 e. The van der Waals surface area contributed by atoms with E-state index in [9.17, 15) is 14.7 Å². The first-order valence-corrected chi connectivity index (χ1v) is 7.02. The van der Waals surface area contributed by atoms with Gasteiger partial charge in [0, 0.05) is 19.6 Å². The summed E-state index contributed by atoms with van der Waals surface area (Å²) in [4.78, 5) is 25.3. The maximum absolute atomic E-state index is 12.3.